The minimum Gasteiger partial charge on any atom is -0.448 e. The molecule has 6 heteroatoms. The van der Waals surface area contributed by atoms with Crippen LogP contribution in [-0.2, 0) is 4.79 Å². The Kier molecular flexibility index (Phi) is 3.37. The third kappa shape index (κ3) is 2.37. The molecule has 1 N–H and O–H groups in total. The SMILES string of the molecule is Cc1c(C(=O)N2CCCNC(=O)C2)oc2c(F)cccc12. The van der Waals surface area contributed by atoms with Crippen LogP contribution < -0.4 is 5.32 Å². The normalized spacial score (nSPS) is 15.9. The van der Waals surface area contributed by atoms with Crippen LogP contribution in [0.25, 0.3) is 11.0 Å². The van der Waals surface area contributed by atoms with Gasteiger partial charge in [-0.15, -0.1) is 0 Å². The van der Waals surface area contributed by atoms with Crippen molar-refractivity contribution in [3.8, 4) is 0 Å². The van der Waals surface area contributed by atoms with Gasteiger partial charge in [0.1, 0.15) is 0 Å². The summed E-state index contributed by atoms with van der Waals surface area (Å²) in [5.41, 5.74) is 0.678. The summed E-state index contributed by atoms with van der Waals surface area (Å²) < 4.78 is 19.2. The van der Waals surface area contributed by atoms with Crippen LogP contribution in [0, 0.1) is 12.7 Å². The number of hydrogen-bond acceptors (Lipinski definition) is 3. The van der Waals surface area contributed by atoms with Crippen molar-refractivity contribution in [2.75, 3.05) is 19.6 Å². The molecular weight excluding hydrogens is 275 g/mol. The maximum Gasteiger partial charge on any atom is 0.290 e. The molecule has 2 heterocycles. The quantitative estimate of drug-likeness (QED) is 0.871. The third-order valence-electron chi connectivity index (χ3n) is 3.66. The van der Waals surface area contributed by atoms with Crippen LogP contribution in [0.2, 0.25) is 0 Å². The van der Waals surface area contributed by atoms with E-state index in [1.54, 1.807) is 19.1 Å². The number of carbonyl (C=O) groups is 2. The second kappa shape index (κ2) is 5.20. The van der Waals surface area contributed by atoms with E-state index >= 15 is 0 Å². The van der Waals surface area contributed by atoms with Gasteiger partial charge in [-0.1, -0.05) is 12.1 Å². The van der Waals surface area contributed by atoms with Crippen LogP contribution in [0.5, 0.6) is 0 Å². The number of furan rings is 1. The first-order chi connectivity index (χ1) is 10.1. The van der Waals surface area contributed by atoms with Crippen LogP contribution in [0.1, 0.15) is 22.5 Å². The molecule has 1 aromatic carbocycles. The molecule has 0 bridgehead atoms. The van der Waals surface area contributed by atoms with Crippen molar-refractivity contribution in [3.05, 3.63) is 35.3 Å². The molecule has 5 nitrogen and oxygen atoms in total. The summed E-state index contributed by atoms with van der Waals surface area (Å²) >= 11 is 0. The van der Waals surface area contributed by atoms with Crippen molar-refractivity contribution >= 4 is 22.8 Å². The molecule has 0 unspecified atom stereocenters. The lowest BCUT2D eigenvalue weighted by molar-refractivity contribution is -0.121. The maximum absolute atomic E-state index is 13.7. The monoisotopic (exact) mass is 290 g/mol. The van der Waals surface area contributed by atoms with Crippen LogP contribution in [-0.4, -0.2) is 36.3 Å². The topological polar surface area (TPSA) is 62.6 Å². The second-order valence-corrected chi connectivity index (χ2v) is 5.10. The zero-order valence-corrected chi connectivity index (χ0v) is 11.6. The fraction of sp³-hybridized carbons (Fsp3) is 0.333. The van der Waals surface area contributed by atoms with Crippen molar-refractivity contribution < 1.29 is 18.4 Å². The Bertz CT molecular complexity index is 723. The van der Waals surface area contributed by atoms with Crippen molar-refractivity contribution in [2.45, 2.75) is 13.3 Å². The van der Waals surface area contributed by atoms with Gasteiger partial charge in [-0.05, 0) is 19.4 Å². The highest BCUT2D eigenvalue weighted by atomic mass is 19.1. The number of rotatable bonds is 1. The molecule has 1 aromatic heterocycles. The van der Waals surface area contributed by atoms with Gasteiger partial charge < -0.3 is 14.6 Å². The number of aryl methyl sites for hydroxylation is 1. The zero-order valence-electron chi connectivity index (χ0n) is 11.6. The number of benzene rings is 1. The summed E-state index contributed by atoms with van der Waals surface area (Å²) in [6, 6.07) is 4.58. The molecule has 3 rings (SSSR count). The smallest absolute Gasteiger partial charge is 0.290 e. The van der Waals surface area contributed by atoms with Gasteiger partial charge in [0, 0.05) is 24.0 Å². The molecule has 1 fully saturated rings. The molecule has 2 aromatic rings. The number of para-hydroxylation sites is 1. The molecule has 0 atom stereocenters. The number of carbonyl (C=O) groups excluding carboxylic acids is 2. The first-order valence-corrected chi connectivity index (χ1v) is 6.81. The molecule has 0 spiro atoms. The van der Waals surface area contributed by atoms with E-state index in [1.165, 1.54) is 11.0 Å². The van der Waals surface area contributed by atoms with Crippen LogP contribution in [0.4, 0.5) is 4.39 Å². The molecule has 2 amide bonds. The molecule has 110 valence electrons. The van der Waals surface area contributed by atoms with Crippen LogP contribution in [0.15, 0.2) is 22.6 Å². The van der Waals surface area contributed by atoms with Gasteiger partial charge in [-0.3, -0.25) is 9.59 Å². The Morgan fingerprint density at radius 1 is 1.43 bits per heavy atom. The van der Waals surface area contributed by atoms with Crippen molar-refractivity contribution in [1.82, 2.24) is 10.2 Å². The first-order valence-electron chi connectivity index (χ1n) is 6.81. The highest BCUT2D eigenvalue weighted by molar-refractivity contribution is 6.00. The summed E-state index contributed by atoms with van der Waals surface area (Å²) in [6.45, 7) is 2.74. The van der Waals surface area contributed by atoms with E-state index in [2.05, 4.69) is 5.32 Å². The van der Waals surface area contributed by atoms with Crippen molar-refractivity contribution in [2.24, 2.45) is 0 Å². The number of fused-ring (bicyclic) bond motifs is 1. The lowest BCUT2D eigenvalue weighted by atomic mass is 10.1. The largest absolute Gasteiger partial charge is 0.448 e. The van der Waals surface area contributed by atoms with Gasteiger partial charge in [0.15, 0.2) is 17.2 Å². The summed E-state index contributed by atoms with van der Waals surface area (Å²) in [4.78, 5) is 25.5. The zero-order chi connectivity index (χ0) is 15.0. The lowest BCUT2D eigenvalue weighted by Gasteiger charge is -2.17. The number of nitrogens with one attached hydrogen (secondary N) is 1. The van der Waals surface area contributed by atoms with Gasteiger partial charge >= 0.3 is 0 Å². The number of halogens is 1. The van der Waals surface area contributed by atoms with E-state index < -0.39 is 5.82 Å². The van der Waals surface area contributed by atoms with E-state index in [-0.39, 0.29) is 29.7 Å². The molecular formula is C15H15FN2O3. The molecule has 0 radical (unpaired) electrons. The van der Waals surface area contributed by atoms with Crippen LogP contribution >= 0.6 is 0 Å². The Morgan fingerprint density at radius 3 is 3.00 bits per heavy atom. The summed E-state index contributed by atoms with van der Waals surface area (Å²) in [5.74, 6) is -0.964. The summed E-state index contributed by atoms with van der Waals surface area (Å²) in [5, 5.41) is 3.29. The molecule has 0 saturated carbocycles. The van der Waals surface area contributed by atoms with E-state index in [4.69, 9.17) is 4.42 Å². The fourth-order valence-electron chi connectivity index (χ4n) is 2.54. The number of nitrogens with zero attached hydrogens (tertiary/aromatic N) is 1. The second-order valence-electron chi connectivity index (χ2n) is 5.10. The lowest BCUT2D eigenvalue weighted by Crippen LogP contribution is -2.37. The van der Waals surface area contributed by atoms with Crippen molar-refractivity contribution in [1.29, 1.82) is 0 Å². The van der Waals surface area contributed by atoms with E-state index in [0.717, 1.165) is 0 Å². The Labute approximate surface area is 120 Å². The summed E-state index contributed by atoms with van der Waals surface area (Å²) in [6.07, 6.45) is 0.686. The molecule has 0 aliphatic carbocycles. The molecule has 1 aliphatic rings. The Balaban J connectivity index is 1.99. The van der Waals surface area contributed by atoms with E-state index in [0.29, 0.717) is 30.5 Å². The van der Waals surface area contributed by atoms with Crippen LogP contribution in [0.3, 0.4) is 0 Å². The Morgan fingerprint density at radius 2 is 2.24 bits per heavy atom. The highest BCUT2D eigenvalue weighted by Gasteiger charge is 2.26. The van der Waals surface area contributed by atoms with Gasteiger partial charge in [0.05, 0.1) is 6.54 Å². The van der Waals surface area contributed by atoms with Gasteiger partial charge in [0.25, 0.3) is 5.91 Å². The minimum atomic E-state index is -0.497. The molecule has 1 aliphatic heterocycles. The van der Waals surface area contributed by atoms with Gasteiger partial charge in [0.2, 0.25) is 5.91 Å². The van der Waals surface area contributed by atoms with E-state index in [1.807, 2.05) is 0 Å². The number of amides is 2. The van der Waals surface area contributed by atoms with Gasteiger partial charge in [-0.25, -0.2) is 4.39 Å². The number of hydrogen-bond donors (Lipinski definition) is 1. The molecule has 21 heavy (non-hydrogen) atoms. The first kappa shape index (κ1) is 13.6. The highest BCUT2D eigenvalue weighted by Crippen LogP contribution is 2.28. The molecule has 1 saturated heterocycles. The standard InChI is InChI=1S/C15H15FN2O3/c1-9-10-4-2-5-11(16)14(10)21-13(9)15(20)18-7-3-6-17-12(19)8-18/h2,4-5H,3,6-8H2,1H3,(H,17,19). The fourth-order valence-corrected chi connectivity index (χ4v) is 2.54. The predicted molar refractivity (Wildman–Crippen MR) is 74.4 cm³/mol. The van der Waals surface area contributed by atoms with Crippen molar-refractivity contribution in [3.63, 3.8) is 0 Å². The van der Waals surface area contributed by atoms with Gasteiger partial charge in [-0.2, -0.15) is 0 Å². The minimum absolute atomic E-state index is 0.00218. The Hall–Kier alpha value is -2.37. The third-order valence-corrected chi connectivity index (χ3v) is 3.66. The average molecular weight is 290 g/mol. The summed E-state index contributed by atoms with van der Waals surface area (Å²) in [7, 11) is 0. The maximum atomic E-state index is 13.7. The predicted octanol–water partition coefficient (Wildman–Crippen LogP) is 1.84. The van der Waals surface area contributed by atoms with E-state index in [9.17, 15) is 14.0 Å². The average Bonchev–Trinajstić information content (AvgIpc) is 2.66.